The van der Waals surface area contributed by atoms with E-state index in [1.54, 1.807) is 0 Å². The third kappa shape index (κ3) is 7.06. The summed E-state index contributed by atoms with van der Waals surface area (Å²) in [6, 6.07) is 14.1. The number of thioether (sulfide) groups is 1. The lowest BCUT2D eigenvalue weighted by Gasteiger charge is -2.31. The summed E-state index contributed by atoms with van der Waals surface area (Å²) in [4.78, 5) is 28.1. The summed E-state index contributed by atoms with van der Waals surface area (Å²) in [6.45, 7) is 7.61. The van der Waals surface area contributed by atoms with Crippen molar-refractivity contribution < 1.29 is 18.0 Å². The van der Waals surface area contributed by atoms with E-state index in [-0.39, 0.29) is 28.0 Å². The molecule has 0 radical (unpaired) electrons. The maximum absolute atomic E-state index is 12.6. The Morgan fingerprint density at radius 1 is 1.03 bits per heavy atom. The number of likely N-dealkylation sites (tertiary alicyclic amines) is 1. The van der Waals surface area contributed by atoms with Gasteiger partial charge in [-0.25, -0.2) is 13.6 Å². The van der Waals surface area contributed by atoms with Crippen LogP contribution in [0.25, 0.3) is 0 Å². The zero-order valence-corrected chi connectivity index (χ0v) is 20.8. The number of nitrogens with two attached hydrogens (primary N) is 1. The molecular weight excluding hydrogens is 458 g/mol. The highest BCUT2D eigenvalue weighted by Crippen LogP contribution is 2.26. The molecule has 0 aromatic heterocycles. The Kier molecular flexibility index (Phi) is 7.87. The smallest absolute Gasteiger partial charge is 0.238 e. The van der Waals surface area contributed by atoms with Gasteiger partial charge in [-0.15, -0.1) is 11.8 Å². The molecule has 3 N–H and O–H groups in total. The van der Waals surface area contributed by atoms with E-state index in [0.29, 0.717) is 37.4 Å². The highest BCUT2D eigenvalue weighted by atomic mass is 32.2. The Bertz CT molecular complexity index is 1080. The van der Waals surface area contributed by atoms with Crippen LogP contribution in [-0.4, -0.2) is 44.0 Å². The second kappa shape index (κ2) is 10.3. The third-order valence-corrected chi connectivity index (χ3v) is 7.68. The van der Waals surface area contributed by atoms with Gasteiger partial charge in [-0.05, 0) is 60.2 Å². The number of benzene rings is 2. The zero-order valence-electron chi connectivity index (χ0n) is 19.2. The van der Waals surface area contributed by atoms with Crippen molar-refractivity contribution in [3.63, 3.8) is 0 Å². The van der Waals surface area contributed by atoms with Crippen LogP contribution in [0.1, 0.15) is 39.2 Å². The van der Waals surface area contributed by atoms with Crippen molar-refractivity contribution in [2.45, 2.75) is 48.8 Å². The van der Waals surface area contributed by atoms with Crippen LogP contribution < -0.4 is 10.5 Å². The minimum Gasteiger partial charge on any atom is -0.342 e. The largest absolute Gasteiger partial charge is 0.342 e. The summed E-state index contributed by atoms with van der Waals surface area (Å²) in [6.07, 6.45) is 1.19. The van der Waals surface area contributed by atoms with Crippen LogP contribution in [0.2, 0.25) is 0 Å². The second-order valence-electron chi connectivity index (χ2n) is 9.28. The summed E-state index contributed by atoms with van der Waals surface area (Å²) >= 11 is 1.53. The molecule has 33 heavy (non-hydrogen) atoms. The van der Waals surface area contributed by atoms with Gasteiger partial charge < -0.3 is 10.2 Å². The van der Waals surface area contributed by atoms with Crippen LogP contribution in [0, 0.1) is 5.92 Å². The minimum absolute atomic E-state index is 0.00432. The number of anilines is 1. The van der Waals surface area contributed by atoms with Gasteiger partial charge in [-0.1, -0.05) is 32.9 Å². The first kappa shape index (κ1) is 25.3. The van der Waals surface area contributed by atoms with Gasteiger partial charge in [-0.3, -0.25) is 9.59 Å². The molecule has 0 atom stereocenters. The van der Waals surface area contributed by atoms with E-state index in [4.69, 9.17) is 5.14 Å². The van der Waals surface area contributed by atoms with Gasteiger partial charge in [0.25, 0.3) is 0 Å². The topological polar surface area (TPSA) is 110 Å². The van der Waals surface area contributed by atoms with Crippen LogP contribution in [0.15, 0.2) is 58.3 Å². The highest BCUT2D eigenvalue weighted by Gasteiger charge is 2.27. The van der Waals surface area contributed by atoms with Crippen LogP contribution in [0.4, 0.5) is 5.69 Å². The fourth-order valence-corrected chi connectivity index (χ4v) is 4.97. The van der Waals surface area contributed by atoms with E-state index in [9.17, 15) is 18.0 Å². The average molecular weight is 490 g/mol. The summed E-state index contributed by atoms with van der Waals surface area (Å²) in [5.74, 6) is 0.142. The van der Waals surface area contributed by atoms with Crippen molar-refractivity contribution in [1.29, 1.82) is 0 Å². The van der Waals surface area contributed by atoms with Crippen molar-refractivity contribution in [3.8, 4) is 0 Å². The van der Waals surface area contributed by atoms with Gasteiger partial charge in [0.2, 0.25) is 21.8 Å². The van der Waals surface area contributed by atoms with E-state index in [1.165, 1.54) is 41.6 Å². The number of rotatable bonds is 6. The SMILES string of the molecule is CC(C)(C)c1ccc(SCC(=O)N2CCC(C(=O)Nc3ccc(S(N)(=O)=O)cc3)CC2)cc1. The summed E-state index contributed by atoms with van der Waals surface area (Å²) in [7, 11) is -3.77. The molecule has 1 fully saturated rings. The van der Waals surface area contributed by atoms with Crippen LogP contribution in [-0.2, 0) is 25.0 Å². The monoisotopic (exact) mass is 489 g/mol. The molecule has 0 bridgehead atoms. The first-order valence-electron chi connectivity index (χ1n) is 10.9. The predicted octanol–water partition coefficient (Wildman–Crippen LogP) is 3.60. The summed E-state index contributed by atoms with van der Waals surface area (Å²) < 4.78 is 22.7. The second-order valence-corrected chi connectivity index (χ2v) is 11.9. The maximum Gasteiger partial charge on any atom is 0.238 e. The summed E-state index contributed by atoms with van der Waals surface area (Å²) in [5, 5.41) is 7.90. The quantitative estimate of drug-likeness (QED) is 0.603. The van der Waals surface area contributed by atoms with Crippen molar-refractivity contribution in [1.82, 2.24) is 4.90 Å². The number of nitrogens with one attached hydrogen (secondary N) is 1. The molecule has 0 aliphatic carbocycles. The van der Waals surface area contributed by atoms with Crippen LogP contribution in [0.5, 0.6) is 0 Å². The molecule has 3 rings (SSSR count). The van der Waals surface area contributed by atoms with Crippen molar-refractivity contribution in [2.75, 3.05) is 24.2 Å². The molecular formula is C24H31N3O4S2. The molecule has 1 aliphatic heterocycles. The van der Waals surface area contributed by atoms with E-state index < -0.39 is 10.0 Å². The molecule has 2 amide bonds. The number of carbonyl (C=O) groups excluding carboxylic acids is 2. The number of nitrogens with zero attached hydrogens (tertiary/aromatic N) is 1. The molecule has 0 unspecified atom stereocenters. The average Bonchev–Trinajstić information content (AvgIpc) is 2.77. The van der Waals surface area contributed by atoms with Crippen molar-refractivity contribution in [3.05, 3.63) is 54.1 Å². The molecule has 9 heteroatoms. The van der Waals surface area contributed by atoms with E-state index >= 15 is 0 Å². The van der Waals surface area contributed by atoms with Crippen molar-refractivity contribution >= 4 is 39.3 Å². The maximum atomic E-state index is 12.6. The highest BCUT2D eigenvalue weighted by molar-refractivity contribution is 8.00. The molecule has 1 aliphatic rings. The molecule has 178 valence electrons. The van der Waals surface area contributed by atoms with Gasteiger partial charge in [0.15, 0.2) is 0 Å². The minimum atomic E-state index is -3.77. The van der Waals surface area contributed by atoms with Gasteiger partial charge in [0.05, 0.1) is 10.6 Å². The predicted molar refractivity (Wildman–Crippen MR) is 132 cm³/mol. The first-order valence-corrected chi connectivity index (χ1v) is 13.4. The molecule has 2 aromatic rings. The van der Waals surface area contributed by atoms with E-state index in [2.05, 4.69) is 50.4 Å². The van der Waals surface area contributed by atoms with Gasteiger partial charge in [0, 0.05) is 29.6 Å². The summed E-state index contributed by atoms with van der Waals surface area (Å²) in [5.41, 5.74) is 1.88. The van der Waals surface area contributed by atoms with Crippen LogP contribution in [0.3, 0.4) is 0 Å². The fraction of sp³-hybridized carbons (Fsp3) is 0.417. The van der Waals surface area contributed by atoms with Gasteiger partial charge in [-0.2, -0.15) is 0 Å². The lowest BCUT2D eigenvalue weighted by Crippen LogP contribution is -2.42. The van der Waals surface area contributed by atoms with E-state index in [0.717, 1.165) is 4.90 Å². The number of carbonyl (C=O) groups is 2. The standard InChI is InChI=1S/C24H31N3O4S2/c1-24(2,3)18-4-8-20(9-5-18)32-16-22(28)27-14-12-17(13-15-27)23(29)26-19-6-10-21(11-7-19)33(25,30)31/h4-11,17H,12-16H2,1-3H3,(H,26,29)(H2,25,30,31). The van der Waals surface area contributed by atoms with Crippen LogP contribution >= 0.6 is 11.8 Å². The number of amides is 2. The number of sulfonamides is 1. The lowest BCUT2D eigenvalue weighted by atomic mass is 9.87. The molecule has 0 saturated carbocycles. The zero-order chi connectivity index (χ0) is 24.2. The molecule has 1 heterocycles. The Hall–Kier alpha value is -2.36. The number of hydrogen-bond donors (Lipinski definition) is 2. The molecule has 2 aromatic carbocycles. The Balaban J connectivity index is 1.45. The van der Waals surface area contributed by atoms with E-state index in [1.807, 2.05) is 4.90 Å². The lowest BCUT2D eigenvalue weighted by molar-refractivity contribution is -0.132. The van der Waals surface area contributed by atoms with Gasteiger partial charge >= 0.3 is 0 Å². The number of piperidine rings is 1. The fourth-order valence-electron chi connectivity index (χ4n) is 3.65. The molecule has 7 nitrogen and oxygen atoms in total. The third-order valence-electron chi connectivity index (χ3n) is 5.75. The molecule has 1 saturated heterocycles. The first-order chi connectivity index (χ1) is 15.4. The Labute approximate surface area is 200 Å². The molecule has 0 spiro atoms. The number of primary sulfonamides is 1. The normalized spacial score (nSPS) is 15.3. The van der Waals surface area contributed by atoms with Crippen molar-refractivity contribution in [2.24, 2.45) is 11.1 Å². The Morgan fingerprint density at radius 2 is 1.61 bits per heavy atom. The van der Waals surface area contributed by atoms with Gasteiger partial charge in [0.1, 0.15) is 0 Å². The number of hydrogen-bond acceptors (Lipinski definition) is 5. The Morgan fingerprint density at radius 3 is 2.12 bits per heavy atom.